The molecule has 0 atom stereocenters. The summed E-state index contributed by atoms with van der Waals surface area (Å²) in [5, 5.41) is 10.2. The minimum atomic E-state index is -0.737. The van der Waals surface area contributed by atoms with E-state index in [-0.39, 0.29) is 28.8 Å². The zero-order chi connectivity index (χ0) is 20.4. The highest BCUT2D eigenvalue weighted by Gasteiger charge is 2.18. The first-order chi connectivity index (χ1) is 14.0. The van der Waals surface area contributed by atoms with E-state index < -0.39 is 17.5 Å². The van der Waals surface area contributed by atoms with Crippen molar-refractivity contribution >= 4 is 11.6 Å². The average molecular weight is 397 g/mol. The van der Waals surface area contributed by atoms with Crippen LogP contribution in [-0.2, 0) is 0 Å². The minimum absolute atomic E-state index is 0.0739. The zero-order valence-electron chi connectivity index (χ0n) is 15.0. The SMILES string of the molecule is COc1ccc(F)cc1C(=O)Nc1cc(-c2nnc(-c3ccco3)o2)ccc1F. The lowest BCUT2D eigenvalue weighted by Crippen LogP contribution is -2.14. The summed E-state index contributed by atoms with van der Waals surface area (Å²) in [5.41, 5.74) is 0.157. The lowest BCUT2D eigenvalue weighted by Gasteiger charge is -2.10. The van der Waals surface area contributed by atoms with Crippen LogP contribution in [0.2, 0.25) is 0 Å². The Morgan fingerprint density at radius 1 is 1.07 bits per heavy atom. The molecule has 0 unspecified atom stereocenters. The quantitative estimate of drug-likeness (QED) is 0.532. The lowest BCUT2D eigenvalue weighted by molar-refractivity contribution is 0.102. The third-order valence-electron chi connectivity index (χ3n) is 4.02. The maximum atomic E-state index is 14.2. The molecule has 7 nitrogen and oxygen atoms in total. The molecule has 0 fully saturated rings. The van der Waals surface area contributed by atoms with Gasteiger partial charge in [0.25, 0.3) is 11.8 Å². The first-order valence-corrected chi connectivity index (χ1v) is 8.37. The highest BCUT2D eigenvalue weighted by molar-refractivity contribution is 6.06. The summed E-state index contributed by atoms with van der Waals surface area (Å²) in [7, 11) is 1.34. The standard InChI is InChI=1S/C20H13F2N3O4/c1-27-16-7-5-12(21)10-13(16)18(26)23-15-9-11(4-6-14(15)22)19-24-25-20(29-19)17-3-2-8-28-17/h2-10H,1H3,(H,23,26). The fourth-order valence-electron chi connectivity index (χ4n) is 2.64. The van der Waals surface area contributed by atoms with Crippen LogP contribution in [0.5, 0.6) is 5.75 Å². The summed E-state index contributed by atoms with van der Waals surface area (Å²) in [5.74, 6) is -1.25. The molecule has 0 bridgehead atoms. The van der Waals surface area contributed by atoms with Crippen LogP contribution in [0.3, 0.4) is 0 Å². The number of halogens is 2. The van der Waals surface area contributed by atoms with Gasteiger partial charge in [-0.1, -0.05) is 0 Å². The Morgan fingerprint density at radius 2 is 1.90 bits per heavy atom. The van der Waals surface area contributed by atoms with Crippen LogP contribution in [0.1, 0.15) is 10.4 Å². The van der Waals surface area contributed by atoms with Crippen LogP contribution < -0.4 is 10.1 Å². The summed E-state index contributed by atoms with van der Waals surface area (Å²) >= 11 is 0. The molecule has 0 saturated carbocycles. The molecule has 2 aromatic heterocycles. The molecule has 4 aromatic rings. The maximum absolute atomic E-state index is 14.2. The van der Waals surface area contributed by atoms with Gasteiger partial charge in [0.1, 0.15) is 17.4 Å². The second kappa shape index (κ2) is 7.55. The van der Waals surface area contributed by atoms with Crippen LogP contribution in [0, 0.1) is 11.6 Å². The Balaban J connectivity index is 1.63. The van der Waals surface area contributed by atoms with Gasteiger partial charge < -0.3 is 18.9 Å². The first kappa shape index (κ1) is 18.4. The topological polar surface area (TPSA) is 90.4 Å². The number of hydrogen-bond donors (Lipinski definition) is 1. The Morgan fingerprint density at radius 3 is 2.66 bits per heavy atom. The molecular formula is C20H13F2N3O4. The predicted molar refractivity (Wildman–Crippen MR) is 98.3 cm³/mol. The smallest absolute Gasteiger partial charge is 0.283 e. The van der Waals surface area contributed by atoms with Crippen molar-refractivity contribution in [2.45, 2.75) is 0 Å². The highest BCUT2D eigenvalue weighted by Crippen LogP contribution is 2.28. The van der Waals surface area contributed by atoms with Crippen molar-refractivity contribution in [3.63, 3.8) is 0 Å². The summed E-state index contributed by atoms with van der Waals surface area (Å²) in [6, 6.07) is 10.7. The van der Waals surface area contributed by atoms with E-state index in [0.717, 1.165) is 18.2 Å². The number of rotatable bonds is 5. The van der Waals surface area contributed by atoms with E-state index in [4.69, 9.17) is 13.6 Å². The molecule has 0 saturated heterocycles. The molecule has 0 spiro atoms. The normalized spacial score (nSPS) is 10.7. The van der Waals surface area contributed by atoms with Crippen LogP contribution in [0.25, 0.3) is 23.1 Å². The van der Waals surface area contributed by atoms with E-state index in [1.54, 1.807) is 12.1 Å². The Kier molecular flexibility index (Phi) is 4.78. The summed E-state index contributed by atoms with van der Waals surface area (Å²) in [4.78, 5) is 12.5. The number of anilines is 1. The largest absolute Gasteiger partial charge is 0.496 e. The monoisotopic (exact) mass is 397 g/mol. The number of hydrogen-bond acceptors (Lipinski definition) is 6. The van der Waals surface area contributed by atoms with Crippen molar-refractivity contribution in [3.8, 4) is 28.9 Å². The van der Waals surface area contributed by atoms with Crippen molar-refractivity contribution in [3.05, 3.63) is 72.0 Å². The number of nitrogens with one attached hydrogen (secondary N) is 1. The summed E-state index contributed by atoms with van der Waals surface area (Å²) < 4.78 is 43.5. The Labute approximate surface area is 162 Å². The third kappa shape index (κ3) is 3.70. The van der Waals surface area contributed by atoms with Crippen molar-refractivity contribution < 1.29 is 27.1 Å². The summed E-state index contributed by atoms with van der Waals surface area (Å²) in [6.45, 7) is 0. The van der Waals surface area contributed by atoms with Crippen molar-refractivity contribution in [1.82, 2.24) is 10.2 Å². The average Bonchev–Trinajstić information content (AvgIpc) is 3.41. The van der Waals surface area contributed by atoms with Crippen LogP contribution in [0.4, 0.5) is 14.5 Å². The second-order valence-corrected chi connectivity index (χ2v) is 5.88. The number of amides is 1. The molecule has 1 N–H and O–H groups in total. The number of nitrogens with zero attached hydrogens (tertiary/aromatic N) is 2. The summed E-state index contributed by atoms with van der Waals surface area (Å²) in [6.07, 6.45) is 1.46. The fourth-order valence-corrected chi connectivity index (χ4v) is 2.64. The number of aromatic nitrogens is 2. The number of carbonyl (C=O) groups is 1. The molecule has 9 heteroatoms. The van der Waals surface area contributed by atoms with Gasteiger partial charge in [-0.3, -0.25) is 4.79 Å². The maximum Gasteiger partial charge on any atom is 0.283 e. The molecule has 29 heavy (non-hydrogen) atoms. The molecule has 0 aliphatic heterocycles. The van der Waals surface area contributed by atoms with Gasteiger partial charge in [0.15, 0.2) is 5.76 Å². The molecule has 0 radical (unpaired) electrons. The number of carbonyl (C=O) groups excluding carboxylic acids is 1. The number of ether oxygens (including phenoxy) is 1. The second-order valence-electron chi connectivity index (χ2n) is 5.88. The fraction of sp³-hybridized carbons (Fsp3) is 0.0500. The van der Waals surface area contributed by atoms with E-state index in [0.29, 0.717) is 11.3 Å². The van der Waals surface area contributed by atoms with Gasteiger partial charge in [-0.05, 0) is 48.5 Å². The van der Waals surface area contributed by atoms with Crippen LogP contribution >= 0.6 is 0 Å². The first-order valence-electron chi connectivity index (χ1n) is 8.37. The molecule has 2 heterocycles. The van der Waals surface area contributed by atoms with Gasteiger partial charge >= 0.3 is 0 Å². The van der Waals surface area contributed by atoms with Gasteiger partial charge in [0.2, 0.25) is 5.89 Å². The van der Waals surface area contributed by atoms with Gasteiger partial charge in [0.05, 0.1) is 24.6 Å². The molecule has 2 aromatic carbocycles. The van der Waals surface area contributed by atoms with Crippen molar-refractivity contribution in [2.24, 2.45) is 0 Å². The Bertz CT molecular complexity index is 1170. The van der Waals surface area contributed by atoms with E-state index in [9.17, 15) is 13.6 Å². The predicted octanol–water partition coefficient (Wildman–Crippen LogP) is 4.54. The van der Waals surface area contributed by atoms with Crippen LogP contribution in [0.15, 0.2) is 63.6 Å². The highest BCUT2D eigenvalue weighted by atomic mass is 19.1. The molecule has 4 rings (SSSR count). The number of furan rings is 1. The lowest BCUT2D eigenvalue weighted by atomic mass is 10.1. The number of methoxy groups -OCH3 is 1. The third-order valence-corrected chi connectivity index (χ3v) is 4.02. The van der Waals surface area contributed by atoms with E-state index in [2.05, 4.69) is 15.5 Å². The van der Waals surface area contributed by atoms with Gasteiger partial charge in [-0.15, -0.1) is 10.2 Å². The van der Waals surface area contributed by atoms with Crippen LogP contribution in [-0.4, -0.2) is 23.2 Å². The van der Waals surface area contributed by atoms with E-state index in [1.807, 2.05) is 0 Å². The molecule has 0 aliphatic rings. The van der Waals surface area contributed by atoms with Crippen molar-refractivity contribution in [2.75, 3.05) is 12.4 Å². The van der Waals surface area contributed by atoms with Crippen molar-refractivity contribution in [1.29, 1.82) is 0 Å². The van der Waals surface area contributed by atoms with Gasteiger partial charge in [-0.25, -0.2) is 8.78 Å². The molecular weight excluding hydrogens is 384 g/mol. The van der Waals surface area contributed by atoms with E-state index in [1.165, 1.54) is 31.6 Å². The van der Waals surface area contributed by atoms with E-state index >= 15 is 0 Å². The van der Waals surface area contributed by atoms with Gasteiger partial charge in [0, 0.05) is 5.56 Å². The molecule has 1 amide bonds. The molecule has 146 valence electrons. The van der Waals surface area contributed by atoms with Gasteiger partial charge in [-0.2, -0.15) is 0 Å². The minimum Gasteiger partial charge on any atom is -0.496 e. The number of benzene rings is 2. The molecule has 0 aliphatic carbocycles. The zero-order valence-corrected chi connectivity index (χ0v) is 15.0. The Hall–Kier alpha value is -4.01.